The second kappa shape index (κ2) is 7.26. The molecule has 0 aliphatic carbocycles. The van der Waals surface area contributed by atoms with Gasteiger partial charge in [-0.05, 0) is 24.5 Å². The first-order valence-corrected chi connectivity index (χ1v) is 7.27. The van der Waals surface area contributed by atoms with Gasteiger partial charge < -0.3 is 19.9 Å². The van der Waals surface area contributed by atoms with Gasteiger partial charge in [-0.25, -0.2) is 0 Å². The Hall–Kier alpha value is -2.08. The number of carbonyl (C=O) groups excluding carboxylic acids is 1. The lowest BCUT2D eigenvalue weighted by Crippen LogP contribution is -2.50. The molecule has 1 heterocycles. The summed E-state index contributed by atoms with van der Waals surface area (Å²) in [5.41, 5.74) is 0.180. The first-order valence-electron chi connectivity index (χ1n) is 7.27. The van der Waals surface area contributed by atoms with E-state index in [1.165, 1.54) is 0 Å². The Labute approximate surface area is 129 Å². The SMILES string of the molecule is COc1ccccc1CCC(=O)NC1(CC(=O)O)CCOC1. The highest BCUT2D eigenvalue weighted by Gasteiger charge is 2.38. The van der Waals surface area contributed by atoms with Crippen molar-refractivity contribution in [1.82, 2.24) is 5.32 Å². The van der Waals surface area contributed by atoms with E-state index >= 15 is 0 Å². The molecule has 1 aliphatic rings. The van der Waals surface area contributed by atoms with Crippen molar-refractivity contribution >= 4 is 11.9 Å². The van der Waals surface area contributed by atoms with Gasteiger partial charge in [-0.15, -0.1) is 0 Å². The topological polar surface area (TPSA) is 84.9 Å². The molecule has 1 aromatic carbocycles. The van der Waals surface area contributed by atoms with Crippen LogP contribution in [0.15, 0.2) is 24.3 Å². The molecule has 0 bridgehead atoms. The monoisotopic (exact) mass is 307 g/mol. The normalized spacial score (nSPS) is 20.6. The van der Waals surface area contributed by atoms with Gasteiger partial charge in [0.25, 0.3) is 0 Å². The van der Waals surface area contributed by atoms with E-state index in [0.717, 1.165) is 11.3 Å². The third-order valence-electron chi connectivity index (χ3n) is 3.81. The largest absolute Gasteiger partial charge is 0.496 e. The zero-order valence-corrected chi connectivity index (χ0v) is 12.6. The fourth-order valence-electron chi connectivity index (χ4n) is 2.69. The molecule has 1 fully saturated rings. The molecule has 22 heavy (non-hydrogen) atoms. The number of amides is 1. The molecule has 1 unspecified atom stereocenters. The zero-order chi connectivity index (χ0) is 16.0. The van der Waals surface area contributed by atoms with Gasteiger partial charge in [0.05, 0.1) is 25.7 Å². The molecule has 1 atom stereocenters. The van der Waals surface area contributed by atoms with Crippen LogP contribution >= 0.6 is 0 Å². The highest BCUT2D eigenvalue weighted by Crippen LogP contribution is 2.23. The summed E-state index contributed by atoms with van der Waals surface area (Å²) in [5, 5.41) is 11.9. The van der Waals surface area contributed by atoms with Crippen molar-refractivity contribution in [3.63, 3.8) is 0 Å². The Morgan fingerprint density at radius 1 is 1.41 bits per heavy atom. The molecule has 1 saturated heterocycles. The van der Waals surface area contributed by atoms with E-state index in [1.807, 2.05) is 24.3 Å². The highest BCUT2D eigenvalue weighted by atomic mass is 16.5. The minimum Gasteiger partial charge on any atom is -0.496 e. The highest BCUT2D eigenvalue weighted by molar-refractivity contribution is 5.78. The van der Waals surface area contributed by atoms with Gasteiger partial charge in [-0.1, -0.05) is 18.2 Å². The van der Waals surface area contributed by atoms with Gasteiger partial charge in [0.15, 0.2) is 0 Å². The molecular formula is C16H21NO5. The number of rotatable bonds is 7. The predicted octanol–water partition coefficient (Wildman–Crippen LogP) is 1.38. The van der Waals surface area contributed by atoms with E-state index in [4.69, 9.17) is 14.6 Å². The number of nitrogens with one attached hydrogen (secondary N) is 1. The number of carbonyl (C=O) groups is 2. The van der Waals surface area contributed by atoms with Crippen LogP contribution in [0.2, 0.25) is 0 Å². The summed E-state index contributed by atoms with van der Waals surface area (Å²) in [6.07, 6.45) is 1.23. The first-order chi connectivity index (χ1) is 10.5. The molecule has 1 amide bonds. The molecule has 2 rings (SSSR count). The van der Waals surface area contributed by atoms with Crippen LogP contribution in [0.25, 0.3) is 0 Å². The molecule has 0 aromatic heterocycles. The summed E-state index contributed by atoms with van der Waals surface area (Å²) in [4.78, 5) is 23.1. The molecule has 0 radical (unpaired) electrons. The maximum Gasteiger partial charge on any atom is 0.305 e. The minimum atomic E-state index is -0.935. The molecule has 0 spiro atoms. The van der Waals surface area contributed by atoms with E-state index in [9.17, 15) is 9.59 Å². The molecule has 6 heteroatoms. The van der Waals surface area contributed by atoms with Gasteiger partial charge in [-0.2, -0.15) is 0 Å². The number of para-hydroxylation sites is 1. The Balaban J connectivity index is 1.93. The number of ether oxygens (including phenoxy) is 2. The number of methoxy groups -OCH3 is 1. The summed E-state index contributed by atoms with van der Waals surface area (Å²) in [7, 11) is 1.59. The van der Waals surface area contributed by atoms with Gasteiger partial charge in [0.2, 0.25) is 5.91 Å². The number of hydrogen-bond acceptors (Lipinski definition) is 4. The van der Waals surface area contributed by atoms with Gasteiger partial charge in [0.1, 0.15) is 5.75 Å². The van der Waals surface area contributed by atoms with E-state index in [1.54, 1.807) is 7.11 Å². The number of aryl methyl sites for hydroxylation is 1. The molecule has 0 saturated carbocycles. The average molecular weight is 307 g/mol. The zero-order valence-electron chi connectivity index (χ0n) is 12.6. The first kappa shape index (κ1) is 16.3. The second-order valence-electron chi connectivity index (χ2n) is 5.51. The van der Waals surface area contributed by atoms with Crippen LogP contribution in [0.1, 0.15) is 24.8 Å². The van der Waals surface area contributed by atoms with Gasteiger partial charge >= 0.3 is 5.97 Å². The van der Waals surface area contributed by atoms with E-state index in [-0.39, 0.29) is 25.4 Å². The molecular weight excluding hydrogens is 286 g/mol. The van der Waals surface area contributed by atoms with Crippen molar-refractivity contribution < 1.29 is 24.2 Å². The lowest BCUT2D eigenvalue weighted by atomic mass is 9.94. The number of hydrogen-bond donors (Lipinski definition) is 2. The Morgan fingerprint density at radius 2 is 2.18 bits per heavy atom. The fraction of sp³-hybridized carbons (Fsp3) is 0.500. The van der Waals surface area contributed by atoms with Crippen molar-refractivity contribution in [2.75, 3.05) is 20.3 Å². The van der Waals surface area contributed by atoms with Crippen LogP contribution in [0, 0.1) is 0 Å². The lowest BCUT2D eigenvalue weighted by molar-refractivity contribution is -0.139. The number of benzene rings is 1. The summed E-state index contributed by atoms with van der Waals surface area (Å²) in [5.74, 6) is -0.354. The second-order valence-corrected chi connectivity index (χ2v) is 5.51. The third kappa shape index (κ3) is 4.21. The Bertz CT molecular complexity index is 537. The van der Waals surface area contributed by atoms with Crippen molar-refractivity contribution in [3.05, 3.63) is 29.8 Å². The molecule has 1 aliphatic heterocycles. The van der Waals surface area contributed by atoms with Crippen molar-refractivity contribution in [2.45, 2.75) is 31.2 Å². The summed E-state index contributed by atoms with van der Waals surface area (Å²) < 4.78 is 10.5. The Morgan fingerprint density at radius 3 is 2.82 bits per heavy atom. The van der Waals surface area contributed by atoms with E-state index < -0.39 is 11.5 Å². The molecule has 120 valence electrons. The van der Waals surface area contributed by atoms with Crippen LogP contribution in [-0.2, 0) is 20.7 Å². The minimum absolute atomic E-state index is 0.118. The number of carboxylic acids is 1. The quantitative estimate of drug-likeness (QED) is 0.795. The van der Waals surface area contributed by atoms with Crippen LogP contribution in [0.5, 0.6) is 5.75 Å². The lowest BCUT2D eigenvalue weighted by Gasteiger charge is -2.27. The van der Waals surface area contributed by atoms with Crippen LogP contribution < -0.4 is 10.1 Å². The van der Waals surface area contributed by atoms with E-state index in [2.05, 4.69) is 5.32 Å². The van der Waals surface area contributed by atoms with Crippen LogP contribution in [0.4, 0.5) is 0 Å². The maximum absolute atomic E-state index is 12.2. The van der Waals surface area contributed by atoms with Crippen molar-refractivity contribution in [2.24, 2.45) is 0 Å². The smallest absolute Gasteiger partial charge is 0.305 e. The average Bonchev–Trinajstić information content (AvgIpc) is 2.92. The van der Waals surface area contributed by atoms with Crippen molar-refractivity contribution in [3.8, 4) is 5.75 Å². The fourth-order valence-corrected chi connectivity index (χ4v) is 2.69. The predicted molar refractivity (Wildman–Crippen MR) is 79.9 cm³/mol. The van der Waals surface area contributed by atoms with Crippen LogP contribution in [-0.4, -0.2) is 42.8 Å². The van der Waals surface area contributed by atoms with Crippen molar-refractivity contribution in [1.29, 1.82) is 0 Å². The van der Waals surface area contributed by atoms with Gasteiger partial charge in [0, 0.05) is 13.0 Å². The number of carboxylic acid groups (broad SMARTS) is 1. The third-order valence-corrected chi connectivity index (χ3v) is 3.81. The number of aliphatic carboxylic acids is 1. The molecule has 2 N–H and O–H groups in total. The molecule has 1 aromatic rings. The molecule has 6 nitrogen and oxygen atoms in total. The summed E-state index contributed by atoms with van der Waals surface area (Å²) >= 11 is 0. The maximum atomic E-state index is 12.2. The summed E-state index contributed by atoms with van der Waals surface area (Å²) in [6.45, 7) is 0.722. The Kier molecular flexibility index (Phi) is 5.38. The van der Waals surface area contributed by atoms with Gasteiger partial charge in [-0.3, -0.25) is 9.59 Å². The summed E-state index contributed by atoms with van der Waals surface area (Å²) in [6, 6.07) is 7.54. The standard InChI is InChI=1S/C16H21NO5/c1-21-13-5-3-2-4-12(13)6-7-14(18)17-16(10-15(19)20)8-9-22-11-16/h2-5H,6-11H2,1H3,(H,17,18)(H,19,20). The van der Waals surface area contributed by atoms with Crippen LogP contribution in [0.3, 0.4) is 0 Å². The van der Waals surface area contributed by atoms with E-state index in [0.29, 0.717) is 19.4 Å².